The summed E-state index contributed by atoms with van der Waals surface area (Å²) in [7, 11) is -3.13. The van der Waals surface area contributed by atoms with Gasteiger partial charge in [0.1, 0.15) is 0 Å². The van der Waals surface area contributed by atoms with Crippen LogP contribution < -0.4 is 0 Å². The monoisotopic (exact) mass is 217 g/mol. The Morgan fingerprint density at radius 2 is 1.93 bits per heavy atom. The first-order valence-electron chi connectivity index (χ1n) is 3.31. The highest BCUT2D eigenvalue weighted by Gasteiger charge is 1.90. The van der Waals surface area contributed by atoms with E-state index in [-0.39, 0.29) is 0 Å². The van der Waals surface area contributed by atoms with Crippen LogP contribution in [-0.4, -0.2) is 23.8 Å². The van der Waals surface area contributed by atoms with E-state index in [1.807, 2.05) is 0 Å². The molecular formula is C7H8FN3O2S. The zero-order chi connectivity index (χ0) is 11.0. The fraction of sp³-hybridized carbons (Fsp3) is 0. The minimum absolute atomic E-state index is 0.602. The molecule has 0 unspecified atom stereocenters. The SMILES string of the molecule is C=CS(=O)(=O)C=C.Fc1ccnnn1. The van der Waals surface area contributed by atoms with Crippen LogP contribution in [0.2, 0.25) is 0 Å². The van der Waals surface area contributed by atoms with Gasteiger partial charge in [-0.05, 0) is 5.21 Å². The van der Waals surface area contributed by atoms with Crippen molar-refractivity contribution in [1.29, 1.82) is 0 Å². The van der Waals surface area contributed by atoms with E-state index in [0.717, 1.165) is 16.9 Å². The number of sulfone groups is 1. The summed E-state index contributed by atoms with van der Waals surface area (Å²) in [4.78, 5) is 0. The van der Waals surface area contributed by atoms with Crippen molar-refractivity contribution in [2.24, 2.45) is 0 Å². The molecule has 1 rings (SSSR count). The highest BCUT2D eigenvalue weighted by Crippen LogP contribution is 1.87. The van der Waals surface area contributed by atoms with Crippen molar-refractivity contribution >= 4 is 9.84 Å². The van der Waals surface area contributed by atoms with E-state index >= 15 is 0 Å². The summed E-state index contributed by atoms with van der Waals surface area (Å²) < 4.78 is 32.0. The molecule has 0 bridgehead atoms. The van der Waals surface area contributed by atoms with Gasteiger partial charge in [-0.25, -0.2) is 8.42 Å². The van der Waals surface area contributed by atoms with Crippen molar-refractivity contribution in [3.63, 3.8) is 0 Å². The van der Waals surface area contributed by atoms with Gasteiger partial charge < -0.3 is 0 Å². The second kappa shape index (κ2) is 5.92. The Bertz CT molecular complexity index is 377. The summed E-state index contributed by atoms with van der Waals surface area (Å²) >= 11 is 0. The van der Waals surface area contributed by atoms with Gasteiger partial charge in [-0.3, -0.25) is 0 Å². The number of hydrogen-bond acceptors (Lipinski definition) is 5. The molecule has 0 atom stereocenters. The molecule has 1 heterocycles. The van der Waals surface area contributed by atoms with Crippen molar-refractivity contribution in [1.82, 2.24) is 15.4 Å². The molecule has 0 saturated carbocycles. The predicted octanol–water partition coefficient (Wildman–Crippen LogP) is 0.699. The summed E-state index contributed by atoms with van der Waals surface area (Å²) in [5, 5.41) is 10.9. The van der Waals surface area contributed by atoms with Crippen LogP contribution in [0.4, 0.5) is 4.39 Å². The Kier molecular flexibility index (Phi) is 5.23. The van der Waals surface area contributed by atoms with E-state index in [9.17, 15) is 12.8 Å². The van der Waals surface area contributed by atoms with Gasteiger partial charge >= 0.3 is 0 Å². The third-order valence-corrected chi connectivity index (χ3v) is 1.86. The van der Waals surface area contributed by atoms with Gasteiger partial charge in [0.2, 0.25) is 5.95 Å². The molecular weight excluding hydrogens is 209 g/mol. The van der Waals surface area contributed by atoms with Gasteiger partial charge in [0.15, 0.2) is 9.84 Å². The lowest BCUT2D eigenvalue weighted by Crippen LogP contribution is -1.86. The first-order valence-corrected chi connectivity index (χ1v) is 4.92. The summed E-state index contributed by atoms with van der Waals surface area (Å²) in [6.45, 7) is 6.09. The molecule has 0 radical (unpaired) electrons. The van der Waals surface area contributed by atoms with Crippen LogP contribution in [0.5, 0.6) is 0 Å². The largest absolute Gasteiger partial charge is 0.236 e. The Morgan fingerprint density at radius 3 is 2.07 bits per heavy atom. The lowest BCUT2D eigenvalue weighted by atomic mass is 10.7. The average molecular weight is 217 g/mol. The molecule has 0 fully saturated rings. The maximum absolute atomic E-state index is 11.7. The fourth-order valence-electron chi connectivity index (χ4n) is 0.295. The summed E-state index contributed by atoms with van der Waals surface area (Å²) in [6, 6.07) is 1.13. The Labute approximate surface area is 80.9 Å². The maximum atomic E-state index is 11.7. The normalized spacial score (nSPS) is 9.50. The Hall–Kier alpha value is -1.63. The predicted molar refractivity (Wildman–Crippen MR) is 49.1 cm³/mol. The fourth-order valence-corrected chi connectivity index (χ4v) is 0.431. The van der Waals surface area contributed by atoms with Crippen molar-refractivity contribution in [2.75, 3.05) is 0 Å². The third kappa shape index (κ3) is 5.95. The van der Waals surface area contributed by atoms with Crippen molar-refractivity contribution in [2.45, 2.75) is 0 Å². The van der Waals surface area contributed by atoms with Crippen LogP contribution >= 0.6 is 0 Å². The van der Waals surface area contributed by atoms with Crippen molar-refractivity contribution in [3.05, 3.63) is 42.2 Å². The summed E-state index contributed by atoms with van der Waals surface area (Å²) in [5.74, 6) is -0.602. The second-order valence-electron chi connectivity index (χ2n) is 1.87. The minimum Gasteiger partial charge on any atom is -0.220 e. The molecule has 1 aromatic rings. The van der Waals surface area contributed by atoms with E-state index in [2.05, 4.69) is 28.6 Å². The lowest BCUT2D eigenvalue weighted by Gasteiger charge is -1.78. The first kappa shape index (κ1) is 12.4. The van der Waals surface area contributed by atoms with E-state index in [1.165, 1.54) is 6.20 Å². The van der Waals surface area contributed by atoms with Crippen molar-refractivity contribution < 1.29 is 12.8 Å². The topological polar surface area (TPSA) is 72.8 Å². The molecule has 0 aliphatic heterocycles. The molecule has 14 heavy (non-hydrogen) atoms. The minimum atomic E-state index is -3.13. The van der Waals surface area contributed by atoms with Gasteiger partial charge in [-0.1, -0.05) is 18.3 Å². The molecule has 0 saturated heterocycles. The van der Waals surface area contributed by atoms with Gasteiger partial charge in [0.05, 0.1) is 6.20 Å². The first-order chi connectivity index (χ1) is 6.52. The molecule has 1 aromatic heterocycles. The van der Waals surface area contributed by atoms with E-state index in [4.69, 9.17) is 0 Å². The third-order valence-electron chi connectivity index (χ3n) is 0.935. The lowest BCUT2D eigenvalue weighted by molar-refractivity contribution is 0.548. The molecule has 76 valence electrons. The highest BCUT2D eigenvalue weighted by molar-refractivity contribution is 7.97. The zero-order valence-corrected chi connectivity index (χ0v) is 7.98. The molecule has 0 aliphatic carbocycles. The number of halogens is 1. The van der Waals surface area contributed by atoms with Gasteiger partial charge in [0, 0.05) is 16.9 Å². The zero-order valence-electron chi connectivity index (χ0n) is 7.17. The van der Waals surface area contributed by atoms with Crippen LogP contribution in [0.1, 0.15) is 0 Å². The standard InChI is InChI=1S/C4H6O2S.C3H2FN3/c1-3-7(5,6)4-2;4-3-1-2-5-7-6-3/h3-4H,1-2H2;1-2H. The summed E-state index contributed by atoms with van der Waals surface area (Å²) in [5.41, 5.74) is 0. The van der Waals surface area contributed by atoms with Crippen LogP contribution in [0.15, 0.2) is 36.2 Å². The number of nitrogens with zero attached hydrogens (tertiary/aromatic N) is 3. The smallest absolute Gasteiger partial charge is 0.220 e. The molecule has 0 spiro atoms. The van der Waals surface area contributed by atoms with Gasteiger partial charge in [0.25, 0.3) is 0 Å². The van der Waals surface area contributed by atoms with Gasteiger partial charge in [-0.2, -0.15) is 4.39 Å². The molecule has 0 N–H and O–H groups in total. The molecule has 0 amide bonds. The molecule has 0 aliphatic rings. The number of rotatable bonds is 2. The average Bonchev–Trinajstić information content (AvgIpc) is 2.20. The molecule has 0 aromatic carbocycles. The van der Waals surface area contributed by atoms with Crippen LogP contribution in [0, 0.1) is 5.95 Å². The number of aromatic nitrogens is 3. The Morgan fingerprint density at radius 1 is 1.36 bits per heavy atom. The van der Waals surface area contributed by atoms with Crippen LogP contribution in [0.25, 0.3) is 0 Å². The van der Waals surface area contributed by atoms with Crippen LogP contribution in [-0.2, 0) is 9.84 Å². The maximum Gasteiger partial charge on any atom is 0.236 e. The summed E-state index contributed by atoms with van der Waals surface area (Å²) in [6.07, 6.45) is 1.24. The van der Waals surface area contributed by atoms with E-state index in [0.29, 0.717) is 0 Å². The van der Waals surface area contributed by atoms with E-state index < -0.39 is 15.8 Å². The number of hydrogen-bond donors (Lipinski definition) is 0. The Balaban J connectivity index is 0.000000241. The quantitative estimate of drug-likeness (QED) is 0.729. The second-order valence-corrected chi connectivity index (χ2v) is 3.71. The highest BCUT2D eigenvalue weighted by atomic mass is 32.2. The van der Waals surface area contributed by atoms with Crippen LogP contribution in [0.3, 0.4) is 0 Å². The molecule has 5 nitrogen and oxygen atoms in total. The van der Waals surface area contributed by atoms with E-state index in [1.54, 1.807) is 0 Å². The molecule has 7 heteroatoms. The van der Waals surface area contributed by atoms with Crippen molar-refractivity contribution in [3.8, 4) is 0 Å². The van der Waals surface area contributed by atoms with Gasteiger partial charge in [-0.15, -0.1) is 5.10 Å².